The van der Waals surface area contributed by atoms with Gasteiger partial charge in [0.05, 0.1) is 12.7 Å². The number of nitrogens with one attached hydrogen (secondary N) is 1. The lowest BCUT2D eigenvalue weighted by Gasteiger charge is -2.36. The molecule has 4 nitrogen and oxygen atoms in total. The second-order valence-corrected chi connectivity index (χ2v) is 5.04. The van der Waals surface area contributed by atoms with Gasteiger partial charge in [-0.15, -0.1) is 0 Å². The summed E-state index contributed by atoms with van der Waals surface area (Å²) in [5.41, 5.74) is 0. The Labute approximate surface area is 103 Å². The minimum Gasteiger partial charge on any atom is -0.360 e. The Morgan fingerprint density at radius 2 is 2.47 bits per heavy atom. The fourth-order valence-corrected chi connectivity index (χ4v) is 2.55. The lowest BCUT2D eigenvalue weighted by Crippen LogP contribution is -2.48. The van der Waals surface area contributed by atoms with Gasteiger partial charge in [-0.2, -0.15) is 0 Å². The zero-order valence-electron chi connectivity index (χ0n) is 10.9. The average molecular weight is 237 g/mol. The summed E-state index contributed by atoms with van der Waals surface area (Å²) in [7, 11) is 0. The normalized spacial score (nSPS) is 26.2. The Kier molecular flexibility index (Phi) is 4.57. The predicted octanol–water partition coefficient (Wildman–Crippen LogP) is 1.88. The fourth-order valence-electron chi connectivity index (χ4n) is 2.55. The first-order valence-corrected chi connectivity index (χ1v) is 6.65. The molecule has 2 rings (SSSR count). The Balaban J connectivity index is 1.78. The van der Waals surface area contributed by atoms with Gasteiger partial charge in [0.2, 0.25) is 0 Å². The molecule has 2 unspecified atom stereocenters. The second-order valence-electron chi connectivity index (χ2n) is 5.04. The molecule has 4 heteroatoms. The van der Waals surface area contributed by atoms with E-state index in [9.17, 15) is 0 Å². The number of hydrogen-bond donors (Lipinski definition) is 1. The lowest BCUT2D eigenvalue weighted by atomic mass is 9.93. The van der Waals surface area contributed by atoms with Crippen molar-refractivity contribution >= 4 is 0 Å². The van der Waals surface area contributed by atoms with E-state index in [1.54, 1.807) is 6.20 Å². The van der Waals surface area contributed by atoms with Crippen molar-refractivity contribution in [3.05, 3.63) is 18.0 Å². The summed E-state index contributed by atoms with van der Waals surface area (Å²) in [4.78, 5) is 2.45. The summed E-state index contributed by atoms with van der Waals surface area (Å²) >= 11 is 0. The molecular weight excluding hydrogens is 214 g/mol. The van der Waals surface area contributed by atoms with Crippen LogP contribution in [-0.2, 0) is 6.54 Å². The molecule has 1 aliphatic rings. The maximum Gasteiger partial charge on any atom is 0.150 e. The molecule has 1 aromatic rings. The van der Waals surface area contributed by atoms with E-state index in [1.165, 1.54) is 12.8 Å². The first-order valence-electron chi connectivity index (χ1n) is 6.65. The highest BCUT2D eigenvalue weighted by Crippen LogP contribution is 2.18. The molecule has 0 aromatic carbocycles. The van der Waals surface area contributed by atoms with Crippen LogP contribution in [0.5, 0.6) is 0 Å². The average Bonchev–Trinajstić information content (AvgIpc) is 2.81. The van der Waals surface area contributed by atoms with E-state index < -0.39 is 0 Å². The van der Waals surface area contributed by atoms with E-state index >= 15 is 0 Å². The van der Waals surface area contributed by atoms with Gasteiger partial charge in [-0.1, -0.05) is 19.0 Å². The predicted molar refractivity (Wildman–Crippen MR) is 67.6 cm³/mol. The van der Waals surface area contributed by atoms with Gasteiger partial charge in [-0.3, -0.25) is 4.90 Å². The van der Waals surface area contributed by atoms with Crippen LogP contribution < -0.4 is 5.32 Å². The van der Waals surface area contributed by atoms with Crippen LogP contribution in [0.15, 0.2) is 16.8 Å². The minimum absolute atomic E-state index is 0.681. The monoisotopic (exact) mass is 237 g/mol. The van der Waals surface area contributed by atoms with Crippen molar-refractivity contribution in [2.45, 2.75) is 39.3 Å². The van der Waals surface area contributed by atoms with E-state index in [1.807, 2.05) is 6.07 Å². The van der Waals surface area contributed by atoms with Gasteiger partial charge >= 0.3 is 0 Å². The Morgan fingerprint density at radius 3 is 3.12 bits per heavy atom. The summed E-state index contributed by atoms with van der Waals surface area (Å²) < 4.78 is 5.16. The van der Waals surface area contributed by atoms with Crippen LogP contribution in [0.2, 0.25) is 0 Å². The van der Waals surface area contributed by atoms with Crippen molar-refractivity contribution in [2.24, 2.45) is 5.92 Å². The highest BCUT2D eigenvalue weighted by Gasteiger charge is 2.25. The highest BCUT2D eigenvalue weighted by atomic mass is 16.5. The van der Waals surface area contributed by atoms with E-state index in [2.05, 4.69) is 29.2 Å². The van der Waals surface area contributed by atoms with E-state index in [0.29, 0.717) is 12.0 Å². The quantitative estimate of drug-likeness (QED) is 0.849. The molecule has 2 atom stereocenters. The fraction of sp³-hybridized carbons (Fsp3) is 0.769. The number of nitrogens with zero attached hydrogens (tertiary/aromatic N) is 2. The molecule has 0 saturated carbocycles. The summed E-state index contributed by atoms with van der Waals surface area (Å²) in [6, 6.07) is 2.63. The number of rotatable bonds is 5. The third-order valence-corrected chi connectivity index (χ3v) is 3.52. The molecule has 17 heavy (non-hydrogen) atoms. The molecule has 0 aliphatic carbocycles. The molecule has 96 valence electrons. The summed E-state index contributed by atoms with van der Waals surface area (Å²) in [6.45, 7) is 8.87. The maximum absolute atomic E-state index is 5.16. The molecular formula is C13H23N3O. The molecule has 0 spiro atoms. The molecule has 1 saturated heterocycles. The van der Waals surface area contributed by atoms with Crippen LogP contribution in [0.3, 0.4) is 0 Å². The smallest absolute Gasteiger partial charge is 0.150 e. The number of piperidine rings is 1. The van der Waals surface area contributed by atoms with Gasteiger partial charge < -0.3 is 9.84 Å². The van der Waals surface area contributed by atoms with Crippen molar-refractivity contribution in [1.82, 2.24) is 15.4 Å². The molecule has 1 N–H and O–H groups in total. The summed E-state index contributed by atoms with van der Waals surface area (Å²) in [5.74, 6) is 1.68. The number of likely N-dealkylation sites (tertiary alicyclic amines) is 1. The van der Waals surface area contributed by atoms with Gasteiger partial charge in [0.15, 0.2) is 5.76 Å². The van der Waals surface area contributed by atoms with Crippen molar-refractivity contribution < 1.29 is 4.52 Å². The minimum atomic E-state index is 0.681. The van der Waals surface area contributed by atoms with Crippen molar-refractivity contribution in [3.63, 3.8) is 0 Å². The Hall–Kier alpha value is -0.870. The number of hydrogen-bond acceptors (Lipinski definition) is 4. The van der Waals surface area contributed by atoms with Crippen molar-refractivity contribution in [3.8, 4) is 0 Å². The van der Waals surface area contributed by atoms with Crippen LogP contribution in [0.25, 0.3) is 0 Å². The molecule has 0 amide bonds. The van der Waals surface area contributed by atoms with Gasteiger partial charge in [-0.25, -0.2) is 0 Å². The Morgan fingerprint density at radius 1 is 1.59 bits per heavy atom. The van der Waals surface area contributed by atoms with Gasteiger partial charge in [-0.05, 0) is 25.3 Å². The van der Waals surface area contributed by atoms with Crippen LogP contribution in [-0.4, -0.2) is 35.7 Å². The van der Waals surface area contributed by atoms with Gasteiger partial charge in [0.1, 0.15) is 0 Å². The maximum atomic E-state index is 5.16. The number of aromatic nitrogens is 1. The van der Waals surface area contributed by atoms with Crippen LogP contribution in [0.1, 0.15) is 32.4 Å². The zero-order chi connectivity index (χ0) is 12.1. The van der Waals surface area contributed by atoms with Gasteiger partial charge in [0, 0.05) is 25.2 Å². The molecule has 0 bridgehead atoms. The van der Waals surface area contributed by atoms with E-state index in [-0.39, 0.29) is 0 Å². The standard InChI is InChI=1S/C13H23N3O/c1-3-6-14-13-5-8-16(9-11(13)2)10-12-4-7-15-17-12/h4,7,11,13-14H,3,5-6,8-10H2,1-2H3. The summed E-state index contributed by atoms with van der Waals surface area (Å²) in [6.07, 6.45) is 4.16. The molecule has 1 aromatic heterocycles. The summed E-state index contributed by atoms with van der Waals surface area (Å²) in [5, 5.41) is 7.39. The van der Waals surface area contributed by atoms with Crippen LogP contribution in [0.4, 0.5) is 0 Å². The highest BCUT2D eigenvalue weighted by molar-refractivity contribution is 4.94. The largest absolute Gasteiger partial charge is 0.360 e. The van der Waals surface area contributed by atoms with Crippen LogP contribution in [0, 0.1) is 5.92 Å². The third kappa shape index (κ3) is 3.54. The molecule has 2 heterocycles. The van der Waals surface area contributed by atoms with E-state index in [4.69, 9.17) is 4.52 Å². The second kappa shape index (κ2) is 6.17. The SMILES string of the molecule is CCCNC1CCN(Cc2ccno2)CC1C. The third-order valence-electron chi connectivity index (χ3n) is 3.52. The van der Waals surface area contributed by atoms with Crippen molar-refractivity contribution in [2.75, 3.05) is 19.6 Å². The Bertz CT molecular complexity index is 312. The molecule has 0 radical (unpaired) electrons. The van der Waals surface area contributed by atoms with E-state index in [0.717, 1.165) is 31.9 Å². The van der Waals surface area contributed by atoms with Crippen molar-refractivity contribution in [1.29, 1.82) is 0 Å². The van der Waals surface area contributed by atoms with Gasteiger partial charge in [0.25, 0.3) is 0 Å². The van der Waals surface area contributed by atoms with Crippen LogP contribution >= 0.6 is 0 Å². The lowest BCUT2D eigenvalue weighted by molar-refractivity contribution is 0.130. The topological polar surface area (TPSA) is 41.3 Å². The molecule has 1 aliphatic heterocycles. The molecule has 1 fully saturated rings. The first-order chi connectivity index (χ1) is 8.29. The first kappa shape index (κ1) is 12.6. The zero-order valence-corrected chi connectivity index (χ0v) is 10.9.